The molecule has 2 heterocycles. The number of benzene rings is 2. The van der Waals surface area contributed by atoms with Crippen molar-refractivity contribution in [3.8, 4) is 11.4 Å². The number of aromatic amines is 1. The third-order valence-corrected chi connectivity index (χ3v) is 5.14. The molecular weight excluding hydrogens is 447 g/mol. The molecule has 0 aliphatic heterocycles. The number of alkyl halides is 3. The number of carbonyl (C=O) groups is 1. The van der Waals surface area contributed by atoms with Crippen molar-refractivity contribution < 1.29 is 18.0 Å². The average molecular weight is 464 g/mol. The summed E-state index contributed by atoms with van der Waals surface area (Å²) in [5.74, 6) is -0.555. The predicted molar refractivity (Wildman–Crippen MR) is 114 cm³/mol. The molecule has 0 aliphatic carbocycles. The van der Waals surface area contributed by atoms with Crippen LogP contribution in [0.15, 0.2) is 36.5 Å². The first kappa shape index (κ1) is 21.6. The fraction of sp³-hybridized carbons (Fsp3) is 0.200. The van der Waals surface area contributed by atoms with E-state index in [1.165, 1.54) is 16.8 Å². The van der Waals surface area contributed by atoms with Gasteiger partial charge in [-0.15, -0.1) is 5.10 Å². The minimum absolute atomic E-state index is 0.0996. The van der Waals surface area contributed by atoms with Crippen molar-refractivity contribution in [1.82, 2.24) is 30.3 Å². The summed E-state index contributed by atoms with van der Waals surface area (Å²) < 4.78 is 42.6. The maximum atomic E-state index is 13.8. The molecule has 32 heavy (non-hydrogen) atoms. The van der Waals surface area contributed by atoms with E-state index in [0.29, 0.717) is 22.6 Å². The molecule has 0 unspecified atom stereocenters. The van der Waals surface area contributed by atoms with Crippen LogP contribution in [0.3, 0.4) is 0 Å². The zero-order valence-electron chi connectivity index (χ0n) is 16.9. The van der Waals surface area contributed by atoms with Gasteiger partial charge in [0, 0.05) is 30.1 Å². The molecule has 1 amide bonds. The van der Waals surface area contributed by atoms with Crippen molar-refractivity contribution in [2.45, 2.75) is 13.1 Å². The van der Waals surface area contributed by atoms with Gasteiger partial charge in [0.25, 0.3) is 5.91 Å². The maximum Gasteiger partial charge on any atom is 0.417 e. The van der Waals surface area contributed by atoms with Crippen LogP contribution in [0.1, 0.15) is 22.8 Å². The number of halogens is 4. The second-order valence-electron chi connectivity index (χ2n) is 6.88. The van der Waals surface area contributed by atoms with Crippen molar-refractivity contribution >= 4 is 40.0 Å². The Bertz CT molecular complexity index is 1310. The molecular formula is C20H17ClF3N7O. The molecule has 0 spiro atoms. The van der Waals surface area contributed by atoms with Crippen LogP contribution in [0.4, 0.5) is 24.8 Å². The van der Waals surface area contributed by atoms with Gasteiger partial charge in [0.2, 0.25) is 5.95 Å². The number of fused-ring (bicyclic) bond motifs is 1. The molecule has 4 aromatic rings. The van der Waals surface area contributed by atoms with Crippen LogP contribution < -0.4 is 10.6 Å². The minimum Gasteiger partial charge on any atom is -0.352 e. The van der Waals surface area contributed by atoms with Crippen LogP contribution in [-0.2, 0) is 13.2 Å². The van der Waals surface area contributed by atoms with Gasteiger partial charge in [0.1, 0.15) is 0 Å². The quantitative estimate of drug-likeness (QED) is 0.404. The summed E-state index contributed by atoms with van der Waals surface area (Å²) in [6.45, 7) is 1.98. The zero-order valence-corrected chi connectivity index (χ0v) is 17.6. The fourth-order valence-corrected chi connectivity index (χ4v) is 3.45. The molecule has 166 valence electrons. The first-order chi connectivity index (χ1) is 15.2. The number of nitrogens with one attached hydrogen (secondary N) is 3. The lowest BCUT2D eigenvalue weighted by Crippen LogP contribution is -2.23. The molecule has 0 radical (unpaired) electrons. The summed E-state index contributed by atoms with van der Waals surface area (Å²) in [5.41, 5.74) is -0.120. The zero-order chi connectivity index (χ0) is 23.0. The van der Waals surface area contributed by atoms with Crippen LogP contribution in [0, 0.1) is 0 Å². The van der Waals surface area contributed by atoms with Gasteiger partial charge >= 0.3 is 6.18 Å². The summed E-state index contributed by atoms with van der Waals surface area (Å²) >= 11 is 6.40. The average Bonchev–Trinajstić information content (AvgIpc) is 3.36. The van der Waals surface area contributed by atoms with Gasteiger partial charge in [-0.05, 0) is 37.3 Å². The lowest BCUT2D eigenvalue weighted by molar-refractivity contribution is -0.137. The number of amides is 1. The standard InChI is InChI=1S/C20H17ClF3N7O/c1-3-25-18(32)10-4-5-11(13(8-10)20(22,23)24)17-28-19(31(2)30-17)27-15-7-6-14-12(16(15)21)9-26-29-14/h4-9H,3H2,1-2H3,(H,25,32)(H,26,29)(H,27,28,30). The van der Waals surface area contributed by atoms with Crippen LogP contribution in [0.5, 0.6) is 0 Å². The van der Waals surface area contributed by atoms with Gasteiger partial charge in [-0.3, -0.25) is 9.89 Å². The van der Waals surface area contributed by atoms with E-state index in [2.05, 4.69) is 30.9 Å². The van der Waals surface area contributed by atoms with E-state index >= 15 is 0 Å². The fourth-order valence-electron chi connectivity index (χ4n) is 3.19. The summed E-state index contributed by atoms with van der Waals surface area (Å²) in [6.07, 6.45) is -3.14. The predicted octanol–water partition coefficient (Wildman–Crippen LogP) is 4.52. The normalized spacial score (nSPS) is 11.7. The Balaban J connectivity index is 1.72. The van der Waals surface area contributed by atoms with Gasteiger partial charge in [-0.1, -0.05) is 11.6 Å². The Kier molecular flexibility index (Phi) is 5.51. The highest BCUT2D eigenvalue weighted by molar-refractivity contribution is 6.38. The molecule has 8 nitrogen and oxygen atoms in total. The van der Waals surface area contributed by atoms with Crippen molar-refractivity contribution in [2.75, 3.05) is 11.9 Å². The largest absolute Gasteiger partial charge is 0.417 e. The number of hydrogen-bond donors (Lipinski definition) is 3. The molecule has 2 aromatic heterocycles. The number of rotatable bonds is 5. The second kappa shape index (κ2) is 8.15. The molecule has 0 fully saturated rings. The van der Waals surface area contributed by atoms with Crippen molar-refractivity contribution in [3.63, 3.8) is 0 Å². The molecule has 0 saturated carbocycles. The lowest BCUT2D eigenvalue weighted by Gasteiger charge is -2.12. The number of anilines is 2. The van der Waals surface area contributed by atoms with Crippen LogP contribution in [0.25, 0.3) is 22.3 Å². The van der Waals surface area contributed by atoms with E-state index in [9.17, 15) is 18.0 Å². The molecule has 0 atom stereocenters. The number of carbonyl (C=O) groups excluding carboxylic acids is 1. The SMILES string of the molecule is CCNC(=O)c1ccc(-c2nc(Nc3ccc4[nH]ncc4c3Cl)n(C)n2)c(C(F)(F)F)c1. The Morgan fingerprint density at radius 3 is 2.75 bits per heavy atom. The summed E-state index contributed by atoms with van der Waals surface area (Å²) in [7, 11) is 1.54. The Morgan fingerprint density at radius 2 is 2.03 bits per heavy atom. The van der Waals surface area contributed by atoms with Crippen molar-refractivity contribution in [3.05, 3.63) is 52.7 Å². The Hall–Kier alpha value is -3.60. The topological polar surface area (TPSA) is 101 Å². The summed E-state index contributed by atoms with van der Waals surface area (Å²) in [6, 6.07) is 6.75. The van der Waals surface area contributed by atoms with Crippen LogP contribution in [-0.4, -0.2) is 37.4 Å². The van der Waals surface area contributed by atoms with Gasteiger partial charge in [-0.25, -0.2) is 4.68 Å². The summed E-state index contributed by atoms with van der Waals surface area (Å²) in [5, 5.41) is 17.4. The second-order valence-corrected chi connectivity index (χ2v) is 7.26. The lowest BCUT2D eigenvalue weighted by atomic mass is 10.0. The Labute approximate surface area is 184 Å². The molecule has 12 heteroatoms. The monoisotopic (exact) mass is 463 g/mol. The molecule has 0 saturated heterocycles. The third-order valence-electron chi connectivity index (χ3n) is 4.73. The maximum absolute atomic E-state index is 13.8. The Morgan fingerprint density at radius 1 is 1.25 bits per heavy atom. The van der Waals surface area contributed by atoms with E-state index in [1.54, 1.807) is 32.3 Å². The van der Waals surface area contributed by atoms with E-state index < -0.39 is 17.6 Å². The highest BCUT2D eigenvalue weighted by Crippen LogP contribution is 2.37. The smallest absolute Gasteiger partial charge is 0.352 e. The molecule has 3 N–H and O–H groups in total. The van der Waals surface area contributed by atoms with E-state index in [-0.39, 0.29) is 22.9 Å². The van der Waals surface area contributed by atoms with Crippen LogP contribution in [0.2, 0.25) is 5.02 Å². The first-order valence-corrected chi connectivity index (χ1v) is 9.86. The number of aryl methyl sites for hydroxylation is 1. The van der Waals surface area contributed by atoms with E-state index in [1.807, 2.05) is 0 Å². The highest BCUT2D eigenvalue weighted by atomic mass is 35.5. The van der Waals surface area contributed by atoms with Gasteiger partial charge in [0.15, 0.2) is 5.82 Å². The summed E-state index contributed by atoms with van der Waals surface area (Å²) in [4.78, 5) is 16.2. The number of hydrogen-bond acceptors (Lipinski definition) is 5. The highest BCUT2D eigenvalue weighted by Gasteiger charge is 2.35. The van der Waals surface area contributed by atoms with Gasteiger partial charge in [-0.2, -0.15) is 23.3 Å². The molecule has 2 aromatic carbocycles. The van der Waals surface area contributed by atoms with E-state index in [0.717, 1.165) is 11.6 Å². The van der Waals surface area contributed by atoms with Crippen molar-refractivity contribution in [2.24, 2.45) is 7.05 Å². The minimum atomic E-state index is -4.71. The molecule has 0 aliphatic rings. The van der Waals surface area contributed by atoms with Gasteiger partial charge < -0.3 is 10.6 Å². The number of nitrogens with zero attached hydrogens (tertiary/aromatic N) is 4. The van der Waals surface area contributed by atoms with E-state index in [4.69, 9.17) is 11.6 Å². The van der Waals surface area contributed by atoms with Crippen molar-refractivity contribution in [1.29, 1.82) is 0 Å². The molecule has 0 bridgehead atoms. The number of H-pyrrole nitrogens is 1. The van der Waals surface area contributed by atoms with Gasteiger partial charge in [0.05, 0.1) is 28.0 Å². The first-order valence-electron chi connectivity index (χ1n) is 9.48. The molecule has 4 rings (SSSR count). The van der Waals surface area contributed by atoms with Crippen LogP contribution >= 0.6 is 11.6 Å². The number of aromatic nitrogens is 5. The third kappa shape index (κ3) is 3.98.